The minimum absolute atomic E-state index is 0. The SMILES string of the molecule is Cl.O=[Si](O)O. The van der Waals surface area contributed by atoms with Crippen LogP contribution in [0.4, 0.5) is 0 Å². The molecule has 0 unspecified atom stereocenters. The maximum atomic E-state index is 8.74. The van der Waals surface area contributed by atoms with Crippen LogP contribution in [0.15, 0.2) is 0 Å². The Morgan fingerprint density at radius 1 is 1.40 bits per heavy atom. The molecular formula is H3ClO3Si. The van der Waals surface area contributed by atoms with Crippen molar-refractivity contribution in [1.29, 1.82) is 0 Å². The Bertz CT molecular complexity index is 29.9. The highest BCUT2D eigenvalue weighted by Crippen LogP contribution is 1.27. The van der Waals surface area contributed by atoms with Gasteiger partial charge in [-0.3, -0.25) is 4.46 Å². The van der Waals surface area contributed by atoms with Crippen LogP contribution in [0, 0.1) is 0 Å². The lowest BCUT2D eigenvalue weighted by Crippen LogP contribution is -1.90. The number of hydrogen-bond donors (Lipinski definition) is 2. The first kappa shape index (κ1) is 8.86. The second-order valence-corrected chi connectivity index (χ2v) is 0.848. The molecule has 0 aliphatic carbocycles. The normalized spacial score (nSPS) is 4.80. The van der Waals surface area contributed by atoms with Crippen LogP contribution in [0.2, 0.25) is 0 Å². The van der Waals surface area contributed by atoms with Crippen LogP contribution >= 0.6 is 12.4 Å². The molecule has 0 aliphatic heterocycles. The molecule has 0 bridgehead atoms. The van der Waals surface area contributed by atoms with E-state index >= 15 is 0 Å². The zero-order valence-electron chi connectivity index (χ0n) is 2.21. The molecule has 2 N–H and O–H groups in total. The second kappa shape index (κ2) is 3.91. The lowest BCUT2D eigenvalue weighted by molar-refractivity contribution is 0.330. The first-order valence-corrected chi connectivity index (χ1v) is 1.95. The van der Waals surface area contributed by atoms with E-state index in [1.165, 1.54) is 0 Å². The van der Waals surface area contributed by atoms with Gasteiger partial charge >= 0.3 is 9.17 Å². The highest BCUT2D eigenvalue weighted by Gasteiger charge is 1.85. The monoisotopic (exact) mass is 114 g/mol. The molecule has 0 saturated heterocycles. The van der Waals surface area contributed by atoms with E-state index in [4.69, 9.17) is 14.1 Å². The standard InChI is InChI=1S/ClH.H2O3Si/c;1-4(2)3/h1H;1-2H. The van der Waals surface area contributed by atoms with Gasteiger partial charge in [-0.2, -0.15) is 0 Å². The summed E-state index contributed by atoms with van der Waals surface area (Å²) >= 11 is 0. The topological polar surface area (TPSA) is 57.5 Å². The maximum absolute atomic E-state index is 8.74. The van der Waals surface area contributed by atoms with Crippen molar-refractivity contribution in [1.82, 2.24) is 0 Å². The highest BCUT2D eigenvalue weighted by atomic mass is 35.5. The van der Waals surface area contributed by atoms with E-state index in [2.05, 4.69) is 0 Å². The first-order chi connectivity index (χ1) is 1.73. The van der Waals surface area contributed by atoms with Crippen LogP contribution in [0.3, 0.4) is 0 Å². The van der Waals surface area contributed by atoms with Gasteiger partial charge in [-0.15, -0.1) is 12.4 Å². The van der Waals surface area contributed by atoms with Crippen LogP contribution in [0.25, 0.3) is 0 Å². The molecule has 0 aliphatic rings. The van der Waals surface area contributed by atoms with Crippen molar-refractivity contribution in [2.45, 2.75) is 0 Å². The van der Waals surface area contributed by atoms with Gasteiger partial charge in [0.25, 0.3) is 0 Å². The summed E-state index contributed by atoms with van der Waals surface area (Å²) in [5, 5.41) is 0. The van der Waals surface area contributed by atoms with Gasteiger partial charge in [-0.25, -0.2) is 0 Å². The van der Waals surface area contributed by atoms with E-state index in [0.717, 1.165) is 0 Å². The summed E-state index contributed by atoms with van der Waals surface area (Å²) in [5.74, 6) is 0. The van der Waals surface area contributed by atoms with Gasteiger partial charge < -0.3 is 9.59 Å². The number of rotatable bonds is 0. The zero-order chi connectivity index (χ0) is 3.58. The molecule has 0 aromatic rings. The van der Waals surface area contributed by atoms with Gasteiger partial charge in [0.1, 0.15) is 0 Å². The van der Waals surface area contributed by atoms with Crippen LogP contribution in [0.1, 0.15) is 0 Å². The van der Waals surface area contributed by atoms with Gasteiger partial charge in [0.15, 0.2) is 0 Å². The fraction of sp³-hybridized carbons (Fsp3) is 0. The molecule has 0 radical (unpaired) electrons. The molecule has 0 spiro atoms. The summed E-state index contributed by atoms with van der Waals surface area (Å²) in [5.41, 5.74) is 0. The van der Waals surface area contributed by atoms with E-state index in [1.807, 2.05) is 0 Å². The lowest BCUT2D eigenvalue weighted by Gasteiger charge is -1.55. The molecule has 5 heavy (non-hydrogen) atoms. The van der Waals surface area contributed by atoms with Crippen molar-refractivity contribution in [3.8, 4) is 0 Å². The molecule has 0 amide bonds. The molecule has 0 rings (SSSR count). The van der Waals surface area contributed by atoms with E-state index < -0.39 is 9.17 Å². The Morgan fingerprint density at radius 3 is 1.40 bits per heavy atom. The Balaban J connectivity index is 0. The quantitative estimate of drug-likeness (QED) is 0.390. The molecular weight excluding hydrogens is 112 g/mol. The molecule has 0 aromatic heterocycles. The summed E-state index contributed by atoms with van der Waals surface area (Å²) in [7, 11) is -3.13. The molecule has 0 aromatic carbocycles. The van der Waals surface area contributed by atoms with Crippen molar-refractivity contribution in [2.75, 3.05) is 0 Å². The van der Waals surface area contributed by atoms with Gasteiger partial charge in [-0.05, 0) is 0 Å². The van der Waals surface area contributed by atoms with Crippen LogP contribution in [0.5, 0.6) is 0 Å². The van der Waals surface area contributed by atoms with Crippen LogP contribution in [-0.4, -0.2) is 18.8 Å². The zero-order valence-corrected chi connectivity index (χ0v) is 4.03. The van der Waals surface area contributed by atoms with Crippen molar-refractivity contribution in [3.05, 3.63) is 0 Å². The third-order valence-corrected chi connectivity index (χ3v) is 0. The fourth-order valence-electron chi connectivity index (χ4n) is 0. The average Bonchev–Trinajstić information content (AvgIpc) is 0.811. The molecule has 0 saturated carbocycles. The van der Waals surface area contributed by atoms with Crippen molar-refractivity contribution in [2.24, 2.45) is 0 Å². The van der Waals surface area contributed by atoms with Gasteiger partial charge in [-0.1, -0.05) is 0 Å². The first-order valence-electron chi connectivity index (χ1n) is 0.651. The van der Waals surface area contributed by atoms with E-state index in [0.29, 0.717) is 0 Å². The van der Waals surface area contributed by atoms with Gasteiger partial charge in [0.05, 0.1) is 0 Å². The Morgan fingerprint density at radius 2 is 1.40 bits per heavy atom. The summed E-state index contributed by atoms with van der Waals surface area (Å²) in [6.07, 6.45) is 0. The largest absolute Gasteiger partial charge is 0.761 e. The third-order valence-electron chi connectivity index (χ3n) is 0. The molecule has 32 valence electrons. The van der Waals surface area contributed by atoms with Crippen molar-refractivity contribution >= 4 is 21.6 Å². The van der Waals surface area contributed by atoms with Crippen LogP contribution < -0.4 is 0 Å². The van der Waals surface area contributed by atoms with E-state index in [1.54, 1.807) is 0 Å². The van der Waals surface area contributed by atoms with Gasteiger partial charge in [0.2, 0.25) is 0 Å². The predicted molar refractivity (Wildman–Crippen MR) is 18.1 cm³/mol. The number of halogens is 1. The van der Waals surface area contributed by atoms with E-state index in [-0.39, 0.29) is 12.4 Å². The minimum Gasteiger partial charge on any atom is -0.511 e. The van der Waals surface area contributed by atoms with Crippen molar-refractivity contribution in [3.63, 3.8) is 0 Å². The molecule has 0 fully saturated rings. The van der Waals surface area contributed by atoms with Crippen LogP contribution in [-0.2, 0) is 4.46 Å². The third kappa shape index (κ3) is 1640. The highest BCUT2D eigenvalue weighted by molar-refractivity contribution is 6.22. The predicted octanol–water partition coefficient (Wildman–Crippen LogP) is -1.19. The summed E-state index contributed by atoms with van der Waals surface area (Å²) in [6.45, 7) is 0. The second-order valence-electron chi connectivity index (χ2n) is 0.283. The molecule has 0 atom stereocenters. The van der Waals surface area contributed by atoms with Gasteiger partial charge in [0, 0.05) is 0 Å². The summed E-state index contributed by atoms with van der Waals surface area (Å²) < 4.78 is 8.74. The maximum Gasteiger partial charge on any atom is 0.761 e. The Hall–Kier alpha value is -0.0931. The Kier molecular flexibility index (Phi) is 6.93. The fourth-order valence-corrected chi connectivity index (χ4v) is 0. The summed E-state index contributed by atoms with van der Waals surface area (Å²) in [6, 6.07) is 0. The molecule has 0 heterocycles. The molecule has 5 heteroatoms. The average molecular weight is 115 g/mol. The number of hydrogen-bond acceptors (Lipinski definition) is 1. The van der Waals surface area contributed by atoms with E-state index in [9.17, 15) is 0 Å². The minimum atomic E-state index is -3.13. The lowest BCUT2D eigenvalue weighted by atomic mass is 15.8. The smallest absolute Gasteiger partial charge is 0.511 e. The van der Waals surface area contributed by atoms with Crippen molar-refractivity contribution < 1.29 is 14.1 Å². The summed E-state index contributed by atoms with van der Waals surface area (Å²) in [4.78, 5) is 14.3. The molecule has 3 nitrogen and oxygen atoms in total. The Labute approximate surface area is 36.6 Å².